The highest BCUT2D eigenvalue weighted by molar-refractivity contribution is 7.14. The maximum absolute atomic E-state index is 12.5. The number of benzene rings is 1. The standard InChI is InChI=1S/C20H24N2O5S/c1-3-5-6-12-27-15-9-7-14(8-10-15)17(23)21-19-16(11-13-28-19)18(24)22-20(25)26-4-2/h7-11,13H,3-6,12H2,1-2H3,(H,21,23)(H,22,24,25). The molecule has 1 aromatic heterocycles. The predicted molar refractivity (Wildman–Crippen MR) is 108 cm³/mol. The molecule has 2 N–H and O–H groups in total. The summed E-state index contributed by atoms with van der Waals surface area (Å²) in [4.78, 5) is 36.0. The van der Waals surface area contributed by atoms with E-state index in [1.54, 1.807) is 36.6 Å². The number of thiophene rings is 1. The van der Waals surface area contributed by atoms with Crippen LogP contribution in [0.1, 0.15) is 53.8 Å². The maximum atomic E-state index is 12.5. The van der Waals surface area contributed by atoms with Crippen molar-refractivity contribution in [3.8, 4) is 5.75 Å². The summed E-state index contributed by atoms with van der Waals surface area (Å²) >= 11 is 1.19. The molecule has 1 aromatic carbocycles. The lowest BCUT2D eigenvalue weighted by Gasteiger charge is -2.08. The summed E-state index contributed by atoms with van der Waals surface area (Å²) in [5, 5.41) is 6.82. The highest BCUT2D eigenvalue weighted by Gasteiger charge is 2.18. The molecule has 0 spiro atoms. The van der Waals surface area contributed by atoms with E-state index in [9.17, 15) is 14.4 Å². The lowest BCUT2D eigenvalue weighted by molar-refractivity contribution is 0.0926. The SMILES string of the molecule is CCCCCOc1ccc(C(=O)Nc2sccc2C(=O)NC(=O)OCC)cc1. The average molecular weight is 404 g/mol. The molecule has 0 saturated heterocycles. The van der Waals surface area contributed by atoms with E-state index in [1.165, 1.54) is 17.4 Å². The fraction of sp³-hybridized carbons (Fsp3) is 0.350. The highest BCUT2D eigenvalue weighted by atomic mass is 32.1. The van der Waals surface area contributed by atoms with Gasteiger partial charge in [-0.1, -0.05) is 19.8 Å². The number of unbranched alkanes of at least 4 members (excludes halogenated alkanes) is 2. The highest BCUT2D eigenvalue weighted by Crippen LogP contribution is 2.24. The molecule has 0 fully saturated rings. The van der Waals surface area contributed by atoms with Gasteiger partial charge in [0.15, 0.2) is 0 Å². The van der Waals surface area contributed by atoms with Crippen LogP contribution in [0.4, 0.5) is 9.80 Å². The molecule has 0 radical (unpaired) electrons. The van der Waals surface area contributed by atoms with Crippen molar-refractivity contribution in [1.82, 2.24) is 5.32 Å². The first-order chi connectivity index (χ1) is 13.5. The molecule has 28 heavy (non-hydrogen) atoms. The number of ether oxygens (including phenoxy) is 2. The number of imide groups is 1. The maximum Gasteiger partial charge on any atom is 0.414 e. The van der Waals surface area contributed by atoms with Crippen molar-refractivity contribution in [2.24, 2.45) is 0 Å². The number of carbonyl (C=O) groups is 3. The molecule has 0 atom stereocenters. The molecule has 0 aliphatic carbocycles. The summed E-state index contributed by atoms with van der Waals surface area (Å²) in [5.74, 6) is -0.283. The van der Waals surface area contributed by atoms with E-state index in [2.05, 4.69) is 22.3 Å². The minimum Gasteiger partial charge on any atom is -0.494 e. The molecule has 8 heteroatoms. The lowest BCUT2D eigenvalue weighted by Crippen LogP contribution is -2.31. The van der Waals surface area contributed by atoms with Crippen LogP contribution in [-0.2, 0) is 4.74 Å². The number of carbonyl (C=O) groups excluding carboxylic acids is 3. The fourth-order valence-electron chi connectivity index (χ4n) is 2.33. The van der Waals surface area contributed by atoms with Crippen LogP contribution in [0.2, 0.25) is 0 Å². The van der Waals surface area contributed by atoms with Gasteiger partial charge in [0.25, 0.3) is 11.8 Å². The number of hydrogen-bond donors (Lipinski definition) is 2. The molecule has 7 nitrogen and oxygen atoms in total. The van der Waals surface area contributed by atoms with Gasteiger partial charge in [0.1, 0.15) is 10.8 Å². The Labute approximate surface area is 168 Å². The molecule has 1 heterocycles. The molecule has 0 aliphatic rings. The number of hydrogen-bond acceptors (Lipinski definition) is 6. The van der Waals surface area contributed by atoms with Crippen LogP contribution >= 0.6 is 11.3 Å². The number of anilines is 1. The Morgan fingerprint density at radius 1 is 1.00 bits per heavy atom. The zero-order valence-electron chi connectivity index (χ0n) is 15.9. The quantitative estimate of drug-likeness (QED) is 0.602. The van der Waals surface area contributed by atoms with Gasteiger partial charge in [-0.05, 0) is 49.1 Å². The van der Waals surface area contributed by atoms with E-state index < -0.39 is 12.0 Å². The van der Waals surface area contributed by atoms with Gasteiger partial charge in [-0.3, -0.25) is 14.9 Å². The Morgan fingerprint density at radius 2 is 1.75 bits per heavy atom. The van der Waals surface area contributed by atoms with Crippen molar-refractivity contribution in [3.05, 3.63) is 46.8 Å². The van der Waals surface area contributed by atoms with Crippen molar-refractivity contribution in [1.29, 1.82) is 0 Å². The molecular weight excluding hydrogens is 380 g/mol. The monoisotopic (exact) mass is 404 g/mol. The van der Waals surface area contributed by atoms with Crippen LogP contribution in [-0.4, -0.2) is 31.1 Å². The molecule has 0 unspecified atom stereocenters. The van der Waals surface area contributed by atoms with Crippen LogP contribution in [0.3, 0.4) is 0 Å². The number of nitrogens with one attached hydrogen (secondary N) is 2. The Kier molecular flexibility index (Phi) is 8.48. The third-order valence-corrected chi connectivity index (χ3v) is 4.59. The predicted octanol–water partition coefficient (Wildman–Crippen LogP) is 4.46. The third-order valence-electron chi connectivity index (χ3n) is 3.76. The second kappa shape index (κ2) is 11.1. The molecular formula is C20H24N2O5S. The fourth-order valence-corrected chi connectivity index (χ4v) is 3.11. The van der Waals surface area contributed by atoms with Gasteiger partial charge in [0, 0.05) is 5.56 Å². The van der Waals surface area contributed by atoms with Crippen LogP contribution in [0, 0.1) is 0 Å². The van der Waals surface area contributed by atoms with Crippen LogP contribution in [0.15, 0.2) is 35.7 Å². The van der Waals surface area contributed by atoms with Gasteiger partial charge < -0.3 is 14.8 Å². The number of amides is 3. The van der Waals surface area contributed by atoms with Gasteiger partial charge in [-0.2, -0.15) is 0 Å². The zero-order chi connectivity index (χ0) is 20.4. The Morgan fingerprint density at radius 3 is 2.43 bits per heavy atom. The Hall–Kier alpha value is -2.87. The van der Waals surface area contributed by atoms with Crippen molar-refractivity contribution in [2.75, 3.05) is 18.5 Å². The lowest BCUT2D eigenvalue weighted by atomic mass is 10.2. The molecule has 3 amide bonds. The van der Waals surface area contributed by atoms with Gasteiger partial charge in [-0.15, -0.1) is 11.3 Å². The van der Waals surface area contributed by atoms with Gasteiger partial charge in [0.05, 0.1) is 18.8 Å². The largest absolute Gasteiger partial charge is 0.494 e. The van der Waals surface area contributed by atoms with Crippen LogP contribution in [0.5, 0.6) is 5.75 Å². The minimum atomic E-state index is -0.828. The normalized spacial score (nSPS) is 10.2. The molecule has 0 saturated carbocycles. The third kappa shape index (κ3) is 6.38. The minimum absolute atomic E-state index is 0.157. The second-order valence-electron chi connectivity index (χ2n) is 5.87. The first kappa shape index (κ1) is 21.4. The summed E-state index contributed by atoms with van der Waals surface area (Å²) in [6.07, 6.45) is 2.41. The van der Waals surface area contributed by atoms with Crippen molar-refractivity contribution in [2.45, 2.75) is 33.1 Å². The van der Waals surface area contributed by atoms with Gasteiger partial charge in [-0.25, -0.2) is 4.79 Å². The summed E-state index contributed by atoms with van der Waals surface area (Å²) < 4.78 is 10.3. The molecule has 2 aromatic rings. The molecule has 150 valence electrons. The van der Waals surface area contributed by atoms with E-state index in [4.69, 9.17) is 4.74 Å². The second-order valence-corrected chi connectivity index (χ2v) is 6.79. The van der Waals surface area contributed by atoms with E-state index in [-0.39, 0.29) is 18.1 Å². The van der Waals surface area contributed by atoms with E-state index >= 15 is 0 Å². The summed E-state index contributed by atoms with van der Waals surface area (Å²) in [5.41, 5.74) is 0.633. The van der Waals surface area contributed by atoms with E-state index in [0.717, 1.165) is 19.3 Å². The molecule has 2 rings (SSSR count). The number of rotatable bonds is 9. The first-order valence-electron chi connectivity index (χ1n) is 9.15. The van der Waals surface area contributed by atoms with Gasteiger partial charge in [0.2, 0.25) is 0 Å². The topological polar surface area (TPSA) is 93.7 Å². The Bertz CT molecular complexity index is 801. The average Bonchev–Trinajstić information content (AvgIpc) is 3.14. The van der Waals surface area contributed by atoms with Crippen molar-refractivity contribution < 1.29 is 23.9 Å². The number of alkyl carbamates (subject to hydrolysis) is 1. The summed E-state index contributed by atoms with van der Waals surface area (Å²) in [6.45, 7) is 4.58. The smallest absolute Gasteiger partial charge is 0.414 e. The summed E-state index contributed by atoms with van der Waals surface area (Å²) in [7, 11) is 0. The molecule has 0 aliphatic heterocycles. The van der Waals surface area contributed by atoms with E-state index in [0.29, 0.717) is 22.9 Å². The zero-order valence-corrected chi connectivity index (χ0v) is 16.8. The first-order valence-corrected chi connectivity index (χ1v) is 10.0. The van der Waals surface area contributed by atoms with Crippen molar-refractivity contribution >= 4 is 34.2 Å². The van der Waals surface area contributed by atoms with E-state index in [1.807, 2.05) is 0 Å². The Balaban J connectivity index is 1.95. The van der Waals surface area contributed by atoms with Crippen LogP contribution < -0.4 is 15.4 Å². The van der Waals surface area contributed by atoms with Crippen molar-refractivity contribution in [3.63, 3.8) is 0 Å². The van der Waals surface area contributed by atoms with Gasteiger partial charge >= 0.3 is 6.09 Å². The molecule has 0 bridgehead atoms. The van der Waals surface area contributed by atoms with Crippen LogP contribution in [0.25, 0.3) is 0 Å². The summed E-state index contributed by atoms with van der Waals surface area (Å²) in [6, 6.07) is 8.34.